The van der Waals surface area contributed by atoms with Crippen LogP contribution in [0.5, 0.6) is 0 Å². The Morgan fingerprint density at radius 3 is 2.59 bits per heavy atom. The number of hydrogen-bond acceptors (Lipinski definition) is 3. The predicted octanol–water partition coefficient (Wildman–Crippen LogP) is 1.54. The molecule has 0 fully saturated rings. The summed E-state index contributed by atoms with van der Waals surface area (Å²) < 4.78 is 5.41. The summed E-state index contributed by atoms with van der Waals surface area (Å²) in [5.41, 5.74) is 5.55. The van der Waals surface area contributed by atoms with E-state index in [1.807, 2.05) is 0 Å². The maximum absolute atomic E-state index is 11.5. The summed E-state index contributed by atoms with van der Waals surface area (Å²) in [5, 5.41) is 2.85. The Hall–Kier alpha value is -0.610. The third-order valence-electron chi connectivity index (χ3n) is 2.79. The highest BCUT2D eigenvalue weighted by Gasteiger charge is 2.09. The highest BCUT2D eigenvalue weighted by molar-refractivity contribution is 5.76. The molecule has 0 aromatic rings. The van der Waals surface area contributed by atoms with Crippen molar-refractivity contribution >= 4 is 5.91 Å². The number of carbonyl (C=O) groups is 1. The fourth-order valence-corrected chi connectivity index (χ4v) is 1.41. The van der Waals surface area contributed by atoms with Gasteiger partial charge in [0.15, 0.2) is 0 Å². The van der Waals surface area contributed by atoms with Gasteiger partial charge in [-0.1, -0.05) is 27.2 Å². The summed E-state index contributed by atoms with van der Waals surface area (Å²) in [6.45, 7) is 8.93. The van der Waals surface area contributed by atoms with Gasteiger partial charge in [-0.2, -0.15) is 0 Å². The molecule has 0 aromatic heterocycles. The molecule has 0 aliphatic carbocycles. The minimum Gasteiger partial charge on any atom is -0.380 e. The fraction of sp³-hybridized carbons (Fsp3) is 0.923. The molecule has 0 saturated carbocycles. The minimum atomic E-state index is 0.0785. The van der Waals surface area contributed by atoms with Gasteiger partial charge in [0.25, 0.3) is 0 Å². The molecule has 0 rings (SSSR count). The van der Waals surface area contributed by atoms with Crippen LogP contribution in [-0.2, 0) is 9.53 Å². The van der Waals surface area contributed by atoms with E-state index in [4.69, 9.17) is 10.5 Å². The van der Waals surface area contributed by atoms with Crippen molar-refractivity contribution in [3.63, 3.8) is 0 Å². The topological polar surface area (TPSA) is 64.4 Å². The molecule has 3 N–H and O–H groups in total. The van der Waals surface area contributed by atoms with Crippen molar-refractivity contribution in [2.45, 2.75) is 40.0 Å². The molecular weight excluding hydrogens is 216 g/mol. The van der Waals surface area contributed by atoms with Crippen molar-refractivity contribution in [3.05, 3.63) is 0 Å². The first-order valence-corrected chi connectivity index (χ1v) is 6.64. The van der Waals surface area contributed by atoms with Crippen LogP contribution in [-0.4, -0.2) is 32.2 Å². The van der Waals surface area contributed by atoms with Crippen LogP contribution >= 0.6 is 0 Å². The average molecular weight is 244 g/mol. The van der Waals surface area contributed by atoms with Gasteiger partial charge in [0.2, 0.25) is 5.91 Å². The predicted molar refractivity (Wildman–Crippen MR) is 70.7 cm³/mol. The quantitative estimate of drug-likeness (QED) is 0.573. The standard InChI is InChI=1S/C13H28N2O2/c1-4-12(10-14)9-13(16)15-6-8-17-7-5-11(2)3/h11-12H,4-10,14H2,1-3H3,(H,15,16). The van der Waals surface area contributed by atoms with Gasteiger partial charge in [-0.05, 0) is 24.8 Å². The molecule has 0 radical (unpaired) electrons. The molecule has 0 aliphatic heterocycles. The zero-order valence-corrected chi connectivity index (χ0v) is 11.5. The van der Waals surface area contributed by atoms with Crippen LogP contribution in [0.25, 0.3) is 0 Å². The van der Waals surface area contributed by atoms with Crippen LogP contribution in [0.4, 0.5) is 0 Å². The first-order chi connectivity index (χ1) is 8.10. The summed E-state index contributed by atoms with van der Waals surface area (Å²) in [6, 6.07) is 0. The molecule has 0 aromatic carbocycles. The number of carbonyl (C=O) groups excluding carboxylic acids is 1. The molecule has 1 atom stereocenters. The Kier molecular flexibility index (Phi) is 10.2. The van der Waals surface area contributed by atoms with Crippen molar-refractivity contribution in [1.29, 1.82) is 0 Å². The summed E-state index contributed by atoms with van der Waals surface area (Å²) >= 11 is 0. The van der Waals surface area contributed by atoms with E-state index in [1.165, 1.54) is 0 Å². The second kappa shape index (κ2) is 10.5. The third-order valence-corrected chi connectivity index (χ3v) is 2.79. The summed E-state index contributed by atoms with van der Waals surface area (Å²) in [6.07, 6.45) is 2.55. The van der Waals surface area contributed by atoms with Gasteiger partial charge in [-0.3, -0.25) is 4.79 Å². The van der Waals surface area contributed by atoms with Crippen LogP contribution in [0.15, 0.2) is 0 Å². The van der Waals surface area contributed by atoms with Crippen LogP contribution in [0, 0.1) is 11.8 Å². The zero-order chi connectivity index (χ0) is 13.1. The first-order valence-electron chi connectivity index (χ1n) is 6.64. The zero-order valence-electron chi connectivity index (χ0n) is 11.5. The summed E-state index contributed by atoms with van der Waals surface area (Å²) in [4.78, 5) is 11.5. The van der Waals surface area contributed by atoms with Gasteiger partial charge in [0.05, 0.1) is 6.61 Å². The highest BCUT2D eigenvalue weighted by atomic mass is 16.5. The number of nitrogens with one attached hydrogen (secondary N) is 1. The molecule has 102 valence electrons. The van der Waals surface area contributed by atoms with Gasteiger partial charge < -0.3 is 15.8 Å². The van der Waals surface area contributed by atoms with E-state index in [9.17, 15) is 4.79 Å². The highest BCUT2D eigenvalue weighted by Crippen LogP contribution is 2.05. The normalized spacial score (nSPS) is 12.8. The Labute approximate surface area is 105 Å². The molecule has 0 aliphatic rings. The van der Waals surface area contributed by atoms with Gasteiger partial charge in [0, 0.05) is 19.6 Å². The van der Waals surface area contributed by atoms with E-state index < -0.39 is 0 Å². The molecule has 0 heterocycles. The van der Waals surface area contributed by atoms with Crippen molar-refractivity contribution in [2.75, 3.05) is 26.3 Å². The van der Waals surface area contributed by atoms with E-state index in [1.54, 1.807) is 0 Å². The second-order valence-corrected chi connectivity index (χ2v) is 4.86. The molecular formula is C13H28N2O2. The fourth-order valence-electron chi connectivity index (χ4n) is 1.41. The minimum absolute atomic E-state index is 0.0785. The molecule has 0 spiro atoms. The largest absolute Gasteiger partial charge is 0.380 e. The number of amides is 1. The van der Waals surface area contributed by atoms with Crippen molar-refractivity contribution < 1.29 is 9.53 Å². The number of nitrogens with two attached hydrogens (primary N) is 1. The lowest BCUT2D eigenvalue weighted by Crippen LogP contribution is -2.30. The maximum atomic E-state index is 11.5. The van der Waals surface area contributed by atoms with Crippen LogP contribution in [0.2, 0.25) is 0 Å². The maximum Gasteiger partial charge on any atom is 0.220 e. The monoisotopic (exact) mass is 244 g/mol. The molecule has 1 amide bonds. The molecule has 4 nitrogen and oxygen atoms in total. The first kappa shape index (κ1) is 16.4. The smallest absolute Gasteiger partial charge is 0.220 e. The Bertz CT molecular complexity index is 192. The van der Waals surface area contributed by atoms with Crippen molar-refractivity contribution in [1.82, 2.24) is 5.32 Å². The average Bonchev–Trinajstić information content (AvgIpc) is 2.30. The lowest BCUT2D eigenvalue weighted by atomic mass is 10.0. The molecule has 17 heavy (non-hydrogen) atoms. The molecule has 0 saturated heterocycles. The Balaban J connectivity index is 3.39. The van der Waals surface area contributed by atoms with Gasteiger partial charge in [-0.25, -0.2) is 0 Å². The lowest BCUT2D eigenvalue weighted by molar-refractivity contribution is -0.122. The molecule has 1 unspecified atom stereocenters. The van der Waals surface area contributed by atoms with Crippen molar-refractivity contribution in [2.24, 2.45) is 17.6 Å². The summed E-state index contributed by atoms with van der Waals surface area (Å²) in [7, 11) is 0. The van der Waals surface area contributed by atoms with Gasteiger partial charge in [-0.15, -0.1) is 0 Å². The van der Waals surface area contributed by atoms with Crippen LogP contribution in [0.3, 0.4) is 0 Å². The van der Waals surface area contributed by atoms with E-state index in [0.717, 1.165) is 19.4 Å². The number of rotatable bonds is 10. The number of ether oxygens (including phenoxy) is 1. The van der Waals surface area contributed by atoms with Gasteiger partial charge >= 0.3 is 0 Å². The summed E-state index contributed by atoms with van der Waals surface area (Å²) in [5.74, 6) is 1.05. The van der Waals surface area contributed by atoms with E-state index in [0.29, 0.717) is 38.0 Å². The number of hydrogen-bond donors (Lipinski definition) is 2. The lowest BCUT2D eigenvalue weighted by Gasteiger charge is -2.12. The van der Waals surface area contributed by atoms with E-state index in [-0.39, 0.29) is 5.91 Å². The third kappa shape index (κ3) is 10.3. The van der Waals surface area contributed by atoms with Crippen LogP contribution in [0.1, 0.15) is 40.0 Å². The molecule has 4 heteroatoms. The van der Waals surface area contributed by atoms with Crippen LogP contribution < -0.4 is 11.1 Å². The van der Waals surface area contributed by atoms with Gasteiger partial charge in [0.1, 0.15) is 0 Å². The Morgan fingerprint density at radius 1 is 1.35 bits per heavy atom. The SMILES string of the molecule is CCC(CN)CC(=O)NCCOCCC(C)C. The molecule has 0 bridgehead atoms. The van der Waals surface area contributed by atoms with E-state index in [2.05, 4.69) is 26.1 Å². The Morgan fingerprint density at radius 2 is 2.06 bits per heavy atom. The van der Waals surface area contributed by atoms with Crippen molar-refractivity contribution in [3.8, 4) is 0 Å². The second-order valence-electron chi connectivity index (χ2n) is 4.86. The van der Waals surface area contributed by atoms with E-state index >= 15 is 0 Å².